The largest absolute Gasteiger partial charge is 0.466 e. The molecule has 5 nitrogen and oxygen atoms in total. The van der Waals surface area contributed by atoms with E-state index in [0.717, 1.165) is 44.9 Å². The molecule has 5 heteroatoms. The van der Waals surface area contributed by atoms with Crippen molar-refractivity contribution in [2.45, 2.75) is 214 Å². The molecule has 1 spiro atoms. The van der Waals surface area contributed by atoms with E-state index in [0.29, 0.717) is 61.9 Å². The Balaban J connectivity index is 0.970. The predicted octanol–water partition coefficient (Wildman–Crippen LogP) is 11.8. The molecule has 5 fully saturated rings. The summed E-state index contributed by atoms with van der Waals surface area (Å²) in [4.78, 5) is 40.0. The number of aliphatic hydroxyl groups is 1. The van der Waals surface area contributed by atoms with Crippen LogP contribution in [0, 0.1) is 51.8 Å². The van der Waals surface area contributed by atoms with Gasteiger partial charge < -0.3 is 9.84 Å². The standard InChI is InChI=1S/C46H78O5/c1-5-6-7-8-9-10-11-12-13-14-15-16-17-18-19-20-31-51-43(50)28-21-34(2)38-24-25-39-37-23-22-35-32-36(47)33-46(41(48)26-27-42(46)49)45(35,4)40(37)29-30-44(38,39)3/h34-40,47H,5-33H2,1-4H3/t34-,35?,36+,37+,38-,39+,40+,44-,45+/m1/s1. The third-order valence-corrected chi connectivity index (χ3v) is 16.3. The maximum absolute atomic E-state index is 13.6. The van der Waals surface area contributed by atoms with E-state index >= 15 is 0 Å². The number of rotatable bonds is 21. The second kappa shape index (κ2) is 18.9. The van der Waals surface area contributed by atoms with Gasteiger partial charge in [-0.1, -0.05) is 124 Å². The Kier molecular flexibility index (Phi) is 15.2. The molecule has 5 aliphatic carbocycles. The molecule has 5 rings (SSSR count). The summed E-state index contributed by atoms with van der Waals surface area (Å²) >= 11 is 0. The average molecular weight is 711 g/mol. The molecule has 0 aromatic heterocycles. The minimum Gasteiger partial charge on any atom is -0.466 e. The van der Waals surface area contributed by atoms with Gasteiger partial charge in [0.05, 0.1) is 18.1 Å². The number of carbonyl (C=O) groups is 3. The summed E-state index contributed by atoms with van der Waals surface area (Å²) in [5, 5.41) is 10.9. The van der Waals surface area contributed by atoms with Gasteiger partial charge in [0.25, 0.3) is 0 Å². The Morgan fingerprint density at radius 2 is 1.33 bits per heavy atom. The van der Waals surface area contributed by atoms with E-state index in [4.69, 9.17) is 4.74 Å². The van der Waals surface area contributed by atoms with Crippen molar-refractivity contribution >= 4 is 17.5 Å². The second-order valence-corrected chi connectivity index (χ2v) is 19.0. The number of Topliss-reactive ketones (excluding diaryl/α,β-unsaturated/α-hetero) is 2. The number of fused-ring (bicyclic) bond motifs is 6. The molecule has 0 aromatic rings. The van der Waals surface area contributed by atoms with Crippen molar-refractivity contribution in [1.29, 1.82) is 0 Å². The van der Waals surface area contributed by atoms with Gasteiger partial charge in [0.1, 0.15) is 11.6 Å². The normalized spacial score (nSPS) is 34.7. The summed E-state index contributed by atoms with van der Waals surface area (Å²) in [6.07, 6.45) is 31.2. The SMILES string of the molecule is CCCCCCCCCCCCCCCCCCOC(=O)CC[C@@H](C)[C@H]1CC[C@H]2[C@@H]3CCC4C[C@H](O)CC5(C(=O)CCC5=O)[C@]4(C)[C@H]3CC[C@]12C. The molecule has 1 unspecified atom stereocenters. The number of ether oxygens (including phenoxy) is 1. The topological polar surface area (TPSA) is 80.7 Å². The van der Waals surface area contributed by atoms with Crippen molar-refractivity contribution in [1.82, 2.24) is 0 Å². The lowest BCUT2D eigenvalue weighted by Crippen LogP contribution is -2.65. The van der Waals surface area contributed by atoms with Gasteiger partial charge in [0.2, 0.25) is 0 Å². The van der Waals surface area contributed by atoms with E-state index in [2.05, 4.69) is 27.7 Å². The fourth-order valence-corrected chi connectivity index (χ4v) is 13.5. The molecule has 0 radical (unpaired) electrons. The van der Waals surface area contributed by atoms with Gasteiger partial charge in [-0.2, -0.15) is 0 Å². The fourth-order valence-electron chi connectivity index (χ4n) is 13.5. The highest BCUT2D eigenvalue weighted by molar-refractivity contribution is 6.14. The van der Waals surface area contributed by atoms with Crippen molar-refractivity contribution in [3.05, 3.63) is 0 Å². The van der Waals surface area contributed by atoms with Crippen LogP contribution in [0.25, 0.3) is 0 Å². The fraction of sp³-hybridized carbons (Fsp3) is 0.935. The molecule has 5 aliphatic rings. The summed E-state index contributed by atoms with van der Waals surface area (Å²) < 4.78 is 5.70. The molecule has 5 saturated carbocycles. The van der Waals surface area contributed by atoms with Crippen LogP contribution in [0.2, 0.25) is 0 Å². The number of unbranched alkanes of at least 4 members (excludes halogenated alkanes) is 15. The van der Waals surface area contributed by atoms with E-state index in [1.54, 1.807) is 0 Å². The predicted molar refractivity (Wildman–Crippen MR) is 207 cm³/mol. The van der Waals surface area contributed by atoms with Gasteiger partial charge in [-0.05, 0) is 111 Å². The maximum Gasteiger partial charge on any atom is 0.305 e. The monoisotopic (exact) mass is 711 g/mol. The lowest BCUT2D eigenvalue weighted by Gasteiger charge is -2.65. The molecule has 51 heavy (non-hydrogen) atoms. The van der Waals surface area contributed by atoms with Gasteiger partial charge in [0, 0.05) is 19.3 Å². The van der Waals surface area contributed by atoms with E-state index in [-0.39, 0.29) is 34.3 Å². The summed E-state index contributed by atoms with van der Waals surface area (Å²) in [6, 6.07) is 0. The number of ketones is 2. The van der Waals surface area contributed by atoms with E-state index in [1.165, 1.54) is 109 Å². The molecule has 292 valence electrons. The van der Waals surface area contributed by atoms with Crippen LogP contribution in [-0.2, 0) is 19.1 Å². The minimum absolute atomic E-state index is 0.0202. The Morgan fingerprint density at radius 3 is 1.92 bits per heavy atom. The highest BCUT2D eigenvalue weighted by Gasteiger charge is 2.71. The van der Waals surface area contributed by atoms with Crippen LogP contribution in [0.1, 0.15) is 207 Å². The molecule has 9 atom stereocenters. The maximum atomic E-state index is 13.6. The van der Waals surface area contributed by atoms with Crippen molar-refractivity contribution in [3.8, 4) is 0 Å². The molecule has 0 bridgehead atoms. The Morgan fingerprint density at radius 1 is 0.765 bits per heavy atom. The van der Waals surface area contributed by atoms with Crippen LogP contribution < -0.4 is 0 Å². The van der Waals surface area contributed by atoms with Gasteiger partial charge >= 0.3 is 5.97 Å². The zero-order valence-electron chi connectivity index (χ0n) is 33.6. The number of aliphatic hydroxyl groups excluding tert-OH is 1. The quantitative estimate of drug-likeness (QED) is 0.0728. The van der Waals surface area contributed by atoms with Gasteiger partial charge in [0.15, 0.2) is 0 Å². The van der Waals surface area contributed by atoms with Crippen molar-refractivity contribution < 1.29 is 24.2 Å². The minimum atomic E-state index is -0.954. The van der Waals surface area contributed by atoms with Crippen LogP contribution in [-0.4, -0.2) is 35.4 Å². The summed E-state index contributed by atoms with van der Waals surface area (Å²) in [5.74, 6) is 3.17. The molecule has 1 N–H and O–H groups in total. The van der Waals surface area contributed by atoms with Crippen molar-refractivity contribution in [2.24, 2.45) is 51.8 Å². The first-order valence-corrected chi connectivity index (χ1v) is 22.5. The lowest BCUT2D eigenvalue weighted by molar-refractivity contribution is -0.197. The smallest absolute Gasteiger partial charge is 0.305 e. The third kappa shape index (κ3) is 8.85. The van der Waals surface area contributed by atoms with Crippen LogP contribution in [0.3, 0.4) is 0 Å². The summed E-state index contributed by atoms with van der Waals surface area (Å²) in [5.41, 5.74) is -1.02. The first-order chi connectivity index (χ1) is 24.6. The Hall–Kier alpha value is -1.23. The van der Waals surface area contributed by atoms with E-state index in [1.807, 2.05) is 0 Å². The van der Waals surface area contributed by atoms with Gasteiger partial charge in [-0.25, -0.2) is 0 Å². The van der Waals surface area contributed by atoms with Crippen molar-refractivity contribution in [2.75, 3.05) is 6.61 Å². The van der Waals surface area contributed by atoms with Crippen molar-refractivity contribution in [3.63, 3.8) is 0 Å². The summed E-state index contributed by atoms with van der Waals surface area (Å²) in [6.45, 7) is 10.1. The van der Waals surface area contributed by atoms with Gasteiger partial charge in [-0.15, -0.1) is 0 Å². The average Bonchev–Trinajstić information content (AvgIpc) is 3.61. The highest BCUT2D eigenvalue weighted by Crippen LogP contribution is 2.72. The first kappa shape index (κ1) is 40.9. The van der Waals surface area contributed by atoms with E-state index < -0.39 is 11.5 Å². The zero-order valence-corrected chi connectivity index (χ0v) is 33.6. The van der Waals surface area contributed by atoms with E-state index in [9.17, 15) is 19.5 Å². The number of hydrogen-bond acceptors (Lipinski definition) is 5. The Labute approximate surface area is 313 Å². The zero-order chi connectivity index (χ0) is 36.5. The van der Waals surface area contributed by atoms with Crippen LogP contribution in [0.15, 0.2) is 0 Å². The molecule has 0 aromatic carbocycles. The van der Waals surface area contributed by atoms with Crippen LogP contribution >= 0.6 is 0 Å². The van der Waals surface area contributed by atoms with Gasteiger partial charge in [-0.3, -0.25) is 14.4 Å². The number of hydrogen-bond donors (Lipinski definition) is 1. The first-order valence-electron chi connectivity index (χ1n) is 22.5. The molecular formula is C46H78O5. The second-order valence-electron chi connectivity index (χ2n) is 19.0. The molecule has 0 saturated heterocycles. The molecular weight excluding hydrogens is 633 g/mol. The highest BCUT2D eigenvalue weighted by atomic mass is 16.5. The third-order valence-electron chi connectivity index (χ3n) is 16.3. The summed E-state index contributed by atoms with van der Waals surface area (Å²) in [7, 11) is 0. The number of esters is 1. The van der Waals surface area contributed by atoms with Crippen LogP contribution in [0.4, 0.5) is 0 Å². The molecule has 0 heterocycles. The molecule has 0 aliphatic heterocycles. The van der Waals surface area contributed by atoms with Crippen LogP contribution in [0.5, 0.6) is 0 Å². The lowest BCUT2D eigenvalue weighted by atomic mass is 9.37. The molecule has 0 amide bonds. The Bertz CT molecular complexity index is 1110. The number of carbonyl (C=O) groups excluding carboxylic acids is 3.